The molecule has 0 aliphatic carbocycles. The summed E-state index contributed by atoms with van der Waals surface area (Å²) in [5.74, 6) is 0.745. The van der Waals surface area contributed by atoms with Gasteiger partial charge in [0.05, 0.1) is 5.69 Å². The van der Waals surface area contributed by atoms with E-state index in [4.69, 9.17) is 10.5 Å². The molecule has 2 N–H and O–H groups in total. The largest absolute Gasteiger partial charge is 0.381 e. The van der Waals surface area contributed by atoms with Crippen molar-refractivity contribution in [2.45, 2.75) is 19.3 Å². The lowest BCUT2D eigenvalue weighted by atomic mass is 9.99. The summed E-state index contributed by atoms with van der Waals surface area (Å²) in [6.45, 7) is 3.62. The van der Waals surface area contributed by atoms with Gasteiger partial charge >= 0.3 is 0 Å². The van der Waals surface area contributed by atoms with Crippen molar-refractivity contribution >= 4 is 21.6 Å². The van der Waals surface area contributed by atoms with Gasteiger partial charge in [0.2, 0.25) is 0 Å². The van der Waals surface area contributed by atoms with E-state index in [0.29, 0.717) is 6.54 Å². The minimum atomic E-state index is 0.698. The molecule has 0 radical (unpaired) electrons. The average Bonchev–Trinajstić information content (AvgIpc) is 2.40. The second-order valence-corrected chi connectivity index (χ2v) is 6.12. The highest BCUT2D eigenvalue weighted by Gasteiger charge is 2.17. The number of rotatable bonds is 5. The van der Waals surface area contributed by atoms with Crippen LogP contribution in [0.1, 0.15) is 18.4 Å². The molecule has 1 aromatic carbocycles. The Morgan fingerprint density at radius 1 is 1.37 bits per heavy atom. The summed E-state index contributed by atoms with van der Waals surface area (Å²) >= 11 is 3.68. The number of nitrogens with zero attached hydrogens (tertiary/aromatic N) is 1. The first-order chi connectivity index (χ1) is 9.20. The predicted molar refractivity (Wildman–Crippen MR) is 83.7 cm³/mol. The zero-order chi connectivity index (χ0) is 13.7. The lowest BCUT2D eigenvalue weighted by Crippen LogP contribution is -2.29. The van der Waals surface area contributed by atoms with E-state index < -0.39 is 0 Å². The Morgan fingerprint density at radius 2 is 2.11 bits per heavy atom. The van der Waals surface area contributed by atoms with E-state index in [2.05, 4.69) is 46.1 Å². The van der Waals surface area contributed by atoms with Crippen molar-refractivity contribution in [2.75, 3.05) is 38.3 Å². The molecule has 3 nitrogen and oxygen atoms in total. The van der Waals surface area contributed by atoms with Crippen molar-refractivity contribution in [3.8, 4) is 0 Å². The highest BCUT2D eigenvalue weighted by Crippen LogP contribution is 2.28. The molecule has 1 aromatic rings. The molecule has 106 valence electrons. The Bertz CT molecular complexity index is 405. The van der Waals surface area contributed by atoms with E-state index in [0.717, 1.165) is 36.6 Å². The standard InChI is InChI=1S/C15H23BrN2O/c1-18(11-13-5-8-19-9-6-13)15-3-2-12(4-7-17)10-14(15)16/h2-3,10,13H,4-9,11,17H2,1H3. The Morgan fingerprint density at radius 3 is 2.74 bits per heavy atom. The topological polar surface area (TPSA) is 38.5 Å². The molecule has 0 aromatic heterocycles. The fraction of sp³-hybridized carbons (Fsp3) is 0.600. The molecule has 0 unspecified atom stereocenters. The predicted octanol–water partition coefficient (Wildman–Crippen LogP) is 2.81. The molecule has 1 saturated heterocycles. The van der Waals surface area contributed by atoms with Gasteiger partial charge in [0.25, 0.3) is 0 Å². The van der Waals surface area contributed by atoms with Gasteiger partial charge in [-0.15, -0.1) is 0 Å². The molecule has 1 fully saturated rings. The third-order valence-corrected chi connectivity index (χ3v) is 4.36. The quantitative estimate of drug-likeness (QED) is 0.904. The first-order valence-electron chi connectivity index (χ1n) is 6.98. The Labute approximate surface area is 124 Å². The van der Waals surface area contributed by atoms with Crippen LogP contribution in [0.2, 0.25) is 0 Å². The lowest BCUT2D eigenvalue weighted by molar-refractivity contribution is 0.0685. The van der Waals surface area contributed by atoms with Gasteiger partial charge in [-0.05, 0) is 65.4 Å². The van der Waals surface area contributed by atoms with Crippen LogP contribution in [0.25, 0.3) is 0 Å². The van der Waals surface area contributed by atoms with Crippen molar-refractivity contribution < 1.29 is 4.74 Å². The van der Waals surface area contributed by atoms with Crippen LogP contribution in [0, 0.1) is 5.92 Å². The van der Waals surface area contributed by atoms with Crippen LogP contribution in [0.4, 0.5) is 5.69 Å². The molecular weight excluding hydrogens is 304 g/mol. The molecule has 19 heavy (non-hydrogen) atoms. The van der Waals surface area contributed by atoms with Gasteiger partial charge in [-0.3, -0.25) is 0 Å². The molecule has 1 aliphatic rings. The van der Waals surface area contributed by atoms with Crippen LogP contribution in [-0.2, 0) is 11.2 Å². The number of halogens is 1. The molecule has 4 heteroatoms. The second-order valence-electron chi connectivity index (χ2n) is 5.26. The molecule has 1 heterocycles. The van der Waals surface area contributed by atoms with Gasteiger partial charge in [-0.25, -0.2) is 0 Å². The fourth-order valence-corrected chi connectivity index (χ4v) is 3.33. The summed E-state index contributed by atoms with van der Waals surface area (Å²) in [4.78, 5) is 2.34. The number of anilines is 1. The van der Waals surface area contributed by atoms with Crippen molar-refractivity contribution in [3.63, 3.8) is 0 Å². The maximum atomic E-state index is 5.59. The molecule has 0 saturated carbocycles. The van der Waals surface area contributed by atoms with E-state index in [1.54, 1.807) is 0 Å². The van der Waals surface area contributed by atoms with Crippen LogP contribution in [0.3, 0.4) is 0 Å². The normalized spacial score (nSPS) is 16.6. The fourth-order valence-electron chi connectivity index (χ4n) is 2.60. The molecular formula is C15H23BrN2O. The van der Waals surface area contributed by atoms with Crippen molar-refractivity contribution in [2.24, 2.45) is 11.7 Å². The summed E-state index contributed by atoms with van der Waals surface area (Å²) < 4.78 is 6.57. The van der Waals surface area contributed by atoms with Crippen LogP contribution in [0.15, 0.2) is 22.7 Å². The number of benzene rings is 1. The van der Waals surface area contributed by atoms with Crippen molar-refractivity contribution in [1.82, 2.24) is 0 Å². The maximum absolute atomic E-state index is 5.59. The number of ether oxygens (including phenoxy) is 1. The third kappa shape index (κ3) is 4.20. The maximum Gasteiger partial charge on any atom is 0.0508 e. The smallest absolute Gasteiger partial charge is 0.0508 e. The Balaban J connectivity index is 1.99. The molecule has 2 rings (SSSR count). The van der Waals surface area contributed by atoms with E-state index in [9.17, 15) is 0 Å². The third-order valence-electron chi connectivity index (χ3n) is 3.73. The van der Waals surface area contributed by atoms with Crippen LogP contribution < -0.4 is 10.6 Å². The first-order valence-corrected chi connectivity index (χ1v) is 7.77. The highest BCUT2D eigenvalue weighted by molar-refractivity contribution is 9.10. The number of hydrogen-bond donors (Lipinski definition) is 1. The van der Waals surface area contributed by atoms with Gasteiger partial charge in [0.15, 0.2) is 0 Å². The van der Waals surface area contributed by atoms with E-state index in [1.807, 2.05) is 0 Å². The van der Waals surface area contributed by atoms with Crippen LogP contribution >= 0.6 is 15.9 Å². The highest BCUT2D eigenvalue weighted by atomic mass is 79.9. The number of nitrogens with two attached hydrogens (primary N) is 1. The minimum absolute atomic E-state index is 0.698. The average molecular weight is 327 g/mol. The van der Waals surface area contributed by atoms with Crippen LogP contribution in [0.5, 0.6) is 0 Å². The van der Waals surface area contributed by atoms with Gasteiger partial charge < -0.3 is 15.4 Å². The van der Waals surface area contributed by atoms with Crippen molar-refractivity contribution in [3.05, 3.63) is 28.2 Å². The van der Waals surface area contributed by atoms with E-state index >= 15 is 0 Å². The van der Waals surface area contributed by atoms with Gasteiger partial charge in [0.1, 0.15) is 0 Å². The number of hydrogen-bond acceptors (Lipinski definition) is 3. The van der Waals surface area contributed by atoms with Gasteiger partial charge in [-0.2, -0.15) is 0 Å². The van der Waals surface area contributed by atoms with Crippen molar-refractivity contribution in [1.29, 1.82) is 0 Å². The zero-order valence-electron chi connectivity index (χ0n) is 11.6. The Hall–Kier alpha value is -0.580. The first kappa shape index (κ1) is 14.8. The van der Waals surface area contributed by atoms with E-state index in [1.165, 1.54) is 24.1 Å². The molecule has 0 atom stereocenters. The summed E-state index contributed by atoms with van der Waals surface area (Å²) in [7, 11) is 2.16. The van der Waals surface area contributed by atoms with Crippen LogP contribution in [-0.4, -0.2) is 33.4 Å². The minimum Gasteiger partial charge on any atom is -0.381 e. The summed E-state index contributed by atoms with van der Waals surface area (Å²) in [5, 5.41) is 0. The monoisotopic (exact) mass is 326 g/mol. The van der Waals surface area contributed by atoms with E-state index in [-0.39, 0.29) is 0 Å². The van der Waals surface area contributed by atoms with Gasteiger partial charge in [-0.1, -0.05) is 6.07 Å². The summed E-state index contributed by atoms with van der Waals surface area (Å²) in [5.41, 5.74) is 8.14. The molecule has 0 bridgehead atoms. The van der Waals surface area contributed by atoms with Gasteiger partial charge in [0, 0.05) is 31.3 Å². The zero-order valence-corrected chi connectivity index (χ0v) is 13.2. The molecule has 0 amide bonds. The lowest BCUT2D eigenvalue weighted by Gasteiger charge is -2.29. The summed E-state index contributed by atoms with van der Waals surface area (Å²) in [6.07, 6.45) is 3.28. The molecule has 1 aliphatic heterocycles. The summed E-state index contributed by atoms with van der Waals surface area (Å²) in [6, 6.07) is 6.55. The molecule has 0 spiro atoms. The second kappa shape index (κ2) is 7.27. The Kier molecular flexibility index (Phi) is 5.67. The SMILES string of the molecule is CN(CC1CCOCC1)c1ccc(CCN)cc1Br.